The van der Waals surface area contributed by atoms with Crippen LogP contribution in [0.1, 0.15) is 50.4 Å². The Morgan fingerprint density at radius 1 is 1.17 bits per heavy atom. The van der Waals surface area contributed by atoms with E-state index in [1.807, 2.05) is 12.4 Å². The average Bonchev–Trinajstić information content (AvgIpc) is 2.28. The molecule has 0 aliphatic carbocycles. The molecule has 1 aliphatic heterocycles. The van der Waals surface area contributed by atoms with Crippen molar-refractivity contribution < 1.29 is 0 Å². The number of pyridine rings is 1. The van der Waals surface area contributed by atoms with Crippen molar-refractivity contribution in [3.8, 4) is 0 Å². The molecule has 2 rings (SSSR count). The van der Waals surface area contributed by atoms with Crippen LogP contribution in [-0.2, 0) is 0 Å². The molecule has 2 heterocycles. The van der Waals surface area contributed by atoms with Gasteiger partial charge in [0.15, 0.2) is 0 Å². The maximum Gasteiger partial charge on any atom is 0.0721 e. The van der Waals surface area contributed by atoms with Gasteiger partial charge in [0, 0.05) is 18.3 Å². The highest BCUT2D eigenvalue weighted by Crippen LogP contribution is 2.33. The number of nitrogens with zero attached hydrogens (tertiary/aromatic N) is 1. The van der Waals surface area contributed by atoms with E-state index in [1.165, 1.54) is 16.7 Å². The fraction of sp³-hybridized carbons (Fsp3) is 0.438. The highest BCUT2D eigenvalue weighted by atomic mass is 14.8. The number of allylic oxidation sites excluding steroid dienone is 1. The molecule has 0 saturated carbocycles. The van der Waals surface area contributed by atoms with Gasteiger partial charge in [0.2, 0.25) is 0 Å². The Kier molecular flexibility index (Phi) is 3.85. The van der Waals surface area contributed by atoms with Gasteiger partial charge in [-0.2, -0.15) is 0 Å². The van der Waals surface area contributed by atoms with Gasteiger partial charge < -0.3 is 5.32 Å². The SMILES string of the molecule is CC(C)/C1=C/CN/C=C\c2nccc(C(C)C)c21. The molecule has 0 fully saturated rings. The third kappa shape index (κ3) is 2.47. The third-order valence-corrected chi connectivity index (χ3v) is 3.34. The van der Waals surface area contributed by atoms with E-state index in [4.69, 9.17) is 0 Å². The first kappa shape index (κ1) is 12.9. The number of rotatable bonds is 2. The van der Waals surface area contributed by atoms with Gasteiger partial charge in [0.05, 0.1) is 5.69 Å². The summed E-state index contributed by atoms with van der Waals surface area (Å²) in [4.78, 5) is 4.53. The van der Waals surface area contributed by atoms with Gasteiger partial charge in [-0.05, 0) is 41.3 Å². The van der Waals surface area contributed by atoms with Crippen molar-refractivity contribution in [2.45, 2.75) is 33.6 Å². The molecule has 0 aromatic carbocycles. The smallest absolute Gasteiger partial charge is 0.0721 e. The predicted octanol–water partition coefficient (Wildman–Crippen LogP) is 3.82. The van der Waals surface area contributed by atoms with Crippen molar-refractivity contribution in [3.63, 3.8) is 0 Å². The van der Waals surface area contributed by atoms with Crippen LogP contribution in [-0.4, -0.2) is 11.5 Å². The standard InChI is InChI=1S/C16H22N2/c1-11(2)13-5-8-17-9-7-15-16(13)14(12(3)4)6-10-18-15/h5-7,9-12,17H,8H2,1-4H3/b9-7-,13-5-. The number of hydrogen-bond acceptors (Lipinski definition) is 2. The Hall–Kier alpha value is -1.57. The van der Waals surface area contributed by atoms with Gasteiger partial charge >= 0.3 is 0 Å². The molecule has 0 amide bonds. The maximum atomic E-state index is 4.53. The van der Waals surface area contributed by atoms with Crippen LogP contribution in [0.5, 0.6) is 0 Å². The molecule has 0 spiro atoms. The van der Waals surface area contributed by atoms with Crippen LogP contribution >= 0.6 is 0 Å². The lowest BCUT2D eigenvalue weighted by molar-refractivity contribution is 0.818. The second-order valence-corrected chi connectivity index (χ2v) is 5.37. The Balaban J connectivity index is 2.67. The zero-order chi connectivity index (χ0) is 13.1. The molecule has 0 radical (unpaired) electrons. The Morgan fingerprint density at radius 3 is 2.61 bits per heavy atom. The zero-order valence-corrected chi connectivity index (χ0v) is 11.7. The molecule has 0 atom stereocenters. The summed E-state index contributed by atoms with van der Waals surface area (Å²) in [5.41, 5.74) is 5.21. The minimum atomic E-state index is 0.513. The molecule has 1 aromatic rings. The van der Waals surface area contributed by atoms with Crippen molar-refractivity contribution in [3.05, 3.63) is 41.4 Å². The summed E-state index contributed by atoms with van der Waals surface area (Å²) in [6.07, 6.45) is 8.28. The van der Waals surface area contributed by atoms with Crippen molar-refractivity contribution in [2.24, 2.45) is 5.92 Å². The van der Waals surface area contributed by atoms with Crippen molar-refractivity contribution in [2.75, 3.05) is 6.54 Å². The van der Waals surface area contributed by atoms with Gasteiger partial charge in [-0.25, -0.2) is 0 Å². The van der Waals surface area contributed by atoms with Crippen molar-refractivity contribution in [1.82, 2.24) is 10.3 Å². The lowest BCUT2D eigenvalue weighted by Gasteiger charge is -2.21. The van der Waals surface area contributed by atoms with E-state index in [2.05, 4.69) is 56.2 Å². The molecule has 1 aliphatic rings. The fourth-order valence-corrected chi connectivity index (χ4v) is 2.42. The van der Waals surface area contributed by atoms with Crippen molar-refractivity contribution in [1.29, 1.82) is 0 Å². The van der Waals surface area contributed by atoms with E-state index < -0.39 is 0 Å². The van der Waals surface area contributed by atoms with Crippen LogP contribution in [0.25, 0.3) is 11.6 Å². The molecule has 96 valence electrons. The number of hydrogen-bond donors (Lipinski definition) is 1. The van der Waals surface area contributed by atoms with Crippen LogP contribution in [0.3, 0.4) is 0 Å². The second-order valence-electron chi connectivity index (χ2n) is 5.37. The lowest BCUT2D eigenvalue weighted by Crippen LogP contribution is -2.12. The normalized spacial score (nSPS) is 19.6. The van der Waals surface area contributed by atoms with Crippen LogP contribution in [0.4, 0.5) is 0 Å². The van der Waals surface area contributed by atoms with E-state index >= 15 is 0 Å². The van der Waals surface area contributed by atoms with E-state index in [0.29, 0.717) is 11.8 Å². The minimum Gasteiger partial charge on any atom is -0.387 e. The topological polar surface area (TPSA) is 24.9 Å². The second kappa shape index (κ2) is 5.38. The first-order chi connectivity index (χ1) is 8.61. The Morgan fingerprint density at radius 2 is 1.94 bits per heavy atom. The van der Waals surface area contributed by atoms with Crippen molar-refractivity contribution >= 4 is 11.6 Å². The monoisotopic (exact) mass is 242 g/mol. The van der Waals surface area contributed by atoms with Gasteiger partial charge in [-0.3, -0.25) is 4.98 Å². The largest absolute Gasteiger partial charge is 0.387 e. The first-order valence-corrected chi connectivity index (χ1v) is 6.70. The summed E-state index contributed by atoms with van der Waals surface area (Å²) in [5, 5.41) is 3.26. The van der Waals surface area contributed by atoms with Gasteiger partial charge in [0.1, 0.15) is 0 Å². The quantitative estimate of drug-likeness (QED) is 0.852. The molecule has 1 N–H and O–H groups in total. The average molecular weight is 242 g/mol. The highest BCUT2D eigenvalue weighted by molar-refractivity contribution is 5.77. The third-order valence-electron chi connectivity index (χ3n) is 3.34. The summed E-state index contributed by atoms with van der Waals surface area (Å²) in [5.74, 6) is 1.03. The molecular weight excluding hydrogens is 220 g/mol. The Labute approximate surface area is 110 Å². The molecule has 2 heteroatoms. The predicted molar refractivity (Wildman–Crippen MR) is 78.2 cm³/mol. The van der Waals surface area contributed by atoms with E-state index in [1.54, 1.807) is 0 Å². The van der Waals surface area contributed by atoms with Crippen LogP contribution in [0, 0.1) is 5.92 Å². The molecular formula is C16H22N2. The molecule has 0 bridgehead atoms. The zero-order valence-electron chi connectivity index (χ0n) is 11.7. The molecule has 1 aromatic heterocycles. The van der Waals surface area contributed by atoms with Crippen LogP contribution < -0.4 is 5.32 Å². The summed E-state index contributed by atoms with van der Waals surface area (Å²) in [6, 6.07) is 2.16. The maximum absolute atomic E-state index is 4.53. The van der Waals surface area contributed by atoms with Crippen LogP contribution in [0.2, 0.25) is 0 Å². The number of aromatic nitrogens is 1. The van der Waals surface area contributed by atoms with Gasteiger partial charge in [-0.15, -0.1) is 0 Å². The van der Waals surface area contributed by atoms with E-state index in [0.717, 1.165) is 12.2 Å². The highest BCUT2D eigenvalue weighted by Gasteiger charge is 2.17. The minimum absolute atomic E-state index is 0.513. The van der Waals surface area contributed by atoms with E-state index in [9.17, 15) is 0 Å². The Bertz CT molecular complexity index is 482. The molecule has 2 nitrogen and oxygen atoms in total. The summed E-state index contributed by atoms with van der Waals surface area (Å²) >= 11 is 0. The summed E-state index contributed by atoms with van der Waals surface area (Å²) in [6.45, 7) is 9.87. The summed E-state index contributed by atoms with van der Waals surface area (Å²) < 4.78 is 0. The lowest BCUT2D eigenvalue weighted by atomic mass is 9.86. The van der Waals surface area contributed by atoms with Crippen LogP contribution in [0.15, 0.2) is 24.5 Å². The fourth-order valence-electron chi connectivity index (χ4n) is 2.42. The molecule has 0 saturated heterocycles. The molecule has 0 unspecified atom stereocenters. The molecule has 18 heavy (non-hydrogen) atoms. The van der Waals surface area contributed by atoms with Gasteiger partial charge in [0.25, 0.3) is 0 Å². The number of nitrogens with one attached hydrogen (secondary N) is 1. The first-order valence-electron chi connectivity index (χ1n) is 6.70. The number of fused-ring (bicyclic) bond motifs is 1. The van der Waals surface area contributed by atoms with Gasteiger partial charge in [-0.1, -0.05) is 33.8 Å². The summed E-state index contributed by atoms with van der Waals surface area (Å²) in [7, 11) is 0. The van der Waals surface area contributed by atoms with E-state index in [-0.39, 0.29) is 0 Å².